The first-order valence-electron chi connectivity index (χ1n) is 8.83. The van der Waals surface area contributed by atoms with Crippen molar-refractivity contribution < 1.29 is 0 Å². The van der Waals surface area contributed by atoms with Gasteiger partial charge in [-0.05, 0) is 51.1 Å². The number of aromatic nitrogens is 2. The van der Waals surface area contributed by atoms with Crippen LogP contribution in [0.1, 0.15) is 18.4 Å². The second kappa shape index (κ2) is 6.40. The van der Waals surface area contributed by atoms with Crippen LogP contribution in [-0.4, -0.2) is 54.1 Å². The minimum Gasteiger partial charge on any atom is -0.369 e. The summed E-state index contributed by atoms with van der Waals surface area (Å²) in [6, 6.07) is 9.26. The number of rotatable bonds is 4. The van der Waals surface area contributed by atoms with E-state index in [9.17, 15) is 0 Å². The number of hydrogen-bond acceptors (Lipinski definition) is 5. The lowest BCUT2D eigenvalue weighted by molar-refractivity contribution is 0.313. The maximum atomic E-state index is 4.73. The highest BCUT2D eigenvalue weighted by atomic mass is 15.2. The third-order valence-electron chi connectivity index (χ3n) is 4.88. The van der Waals surface area contributed by atoms with Gasteiger partial charge in [0.1, 0.15) is 5.82 Å². The fraction of sp³-hybridized carbons (Fsp3) is 0.474. The molecule has 0 atom stereocenters. The Bertz CT molecular complexity index is 700. The lowest BCUT2D eigenvalue weighted by Crippen LogP contribution is -2.44. The van der Waals surface area contributed by atoms with Crippen LogP contribution >= 0.6 is 0 Å². The molecule has 24 heavy (non-hydrogen) atoms. The van der Waals surface area contributed by atoms with Crippen LogP contribution in [-0.2, 0) is 0 Å². The molecular weight excluding hydrogens is 298 g/mol. The number of aryl methyl sites for hydroxylation is 1. The van der Waals surface area contributed by atoms with Gasteiger partial charge in [-0.2, -0.15) is 0 Å². The summed E-state index contributed by atoms with van der Waals surface area (Å²) in [5.41, 5.74) is 3.47. The van der Waals surface area contributed by atoms with Crippen LogP contribution in [0.2, 0.25) is 0 Å². The molecule has 0 unspecified atom stereocenters. The molecule has 1 aromatic carbocycles. The second-order valence-electron chi connectivity index (χ2n) is 6.98. The van der Waals surface area contributed by atoms with Gasteiger partial charge in [0.05, 0.1) is 0 Å². The lowest BCUT2D eigenvalue weighted by atomic mass is 10.1. The third kappa shape index (κ3) is 3.36. The Balaban J connectivity index is 1.52. The van der Waals surface area contributed by atoms with Gasteiger partial charge in [0.25, 0.3) is 0 Å². The Kier molecular flexibility index (Phi) is 4.10. The molecule has 1 aliphatic heterocycles. The topological polar surface area (TPSA) is 44.3 Å². The Labute approximate surface area is 143 Å². The smallest absolute Gasteiger partial charge is 0.161 e. The van der Waals surface area contributed by atoms with Crippen molar-refractivity contribution in [2.24, 2.45) is 0 Å². The van der Waals surface area contributed by atoms with Gasteiger partial charge < -0.3 is 15.1 Å². The molecule has 126 valence electrons. The lowest BCUT2D eigenvalue weighted by Gasteiger charge is -2.34. The fourth-order valence-corrected chi connectivity index (χ4v) is 3.03. The zero-order valence-electron chi connectivity index (χ0n) is 14.5. The summed E-state index contributed by atoms with van der Waals surface area (Å²) in [4.78, 5) is 14.1. The summed E-state index contributed by atoms with van der Waals surface area (Å²) < 4.78 is 0. The molecule has 1 aromatic heterocycles. The van der Waals surface area contributed by atoms with Crippen LogP contribution in [0.5, 0.6) is 0 Å². The van der Waals surface area contributed by atoms with Crippen LogP contribution in [0.15, 0.2) is 30.5 Å². The van der Waals surface area contributed by atoms with Crippen molar-refractivity contribution in [3.8, 4) is 11.4 Å². The van der Waals surface area contributed by atoms with Crippen LogP contribution < -0.4 is 10.2 Å². The van der Waals surface area contributed by atoms with E-state index < -0.39 is 0 Å². The summed E-state index contributed by atoms with van der Waals surface area (Å²) in [5, 5.41) is 3.50. The van der Waals surface area contributed by atoms with E-state index in [1.165, 1.54) is 18.5 Å². The van der Waals surface area contributed by atoms with E-state index in [4.69, 9.17) is 4.98 Å². The van der Waals surface area contributed by atoms with Gasteiger partial charge in [0, 0.05) is 55.2 Å². The third-order valence-corrected chi connectivity index (χ3v) is 4.88. The Morgan fingerprint density at radius 2 is 1.75 bits per heavy atom. The number of piperazine rings is 1. The molecule has 2 heterocycles. The minimum atomic E-state index is 0.603. The summed E-state index contributed by atoms with van der Waals surface area (Å²) in [6.45, 7) is 6.49. The Morgan fingerprint density at radius 3 is 2.42 bits per heavy atom. The van der Waals surface area contributed by atoms with E-state index in [0.717, 1.165) is 48.9 Å². The second-order valence-corrected chi connectivity index (χ2v) is 6.98. The molecule has 0 bridgehead atoms. The molecule has 1 N–H and O–H groups in total. The standard InChI is InChI=1S/C19H25N5/c1-14-13-20-19(22-18(14)21-16-5-6-16)15-3-7-17(8-4-15)24-11-9-23(2)10-12-24/h3-4,7-8,13,16H,5-6,9-12H2,1-2H3,(H,20,21,22). The molecule has 0 spiro atoms. The molecule has 5 nitrogen and oxygen atoms in total. The van der Waals surface area contributed by atoms with Crippen molar-refractivity contribution in [2.45, 2.75) is 25.8 Å². The fourth-order valence-electron chi connectivity index (χ4n) is 3.03. The van der Waals surface area contributed by atoms with Crippen LogP contribution in [0.3, 0.4) is 0 Å². The van der Waals surface area contributed by atoms with Gasteiger partial charge in [-0.1, -0.05) is 0 Å². The number of benzene rings is 1. The van der Waals surface area contributed by atoms with Crippen LogP contribution in [0, 0.1) is 6.92 Å². The minimum absolute atomic E-state index is 0.603. The quantitative estimate of drug-likeness (QED) is 0.937. The van der Waals surface area contributed by atoms with E-state index in [2.05, 4.69) is 58.3 Å². The molecule has 4 rings (SSSR count). The summed E-state index contributed by atoms with van der Waals surface area (Å²) >= 11 is 0. The van der Waals surface area contributed by atoms with Gasteiger partial charge in [-0.15, -0.1) is 0 Å². The summed E-state index contributed by atoms with van der Waals surface area (Å²) in [7, 11) is 2.18. The van der Waals surface area contributed by atoms with Gasteiger partial charge in [-0.3, -0.25) is 0 Å². The zero-order chi connectivity index (χ0) is 16.5. The van der Waals surface area contributed by atoms with E-state index >= 15 is 0 Å². The largest absolute Gasteiger partial charge is 0.369 e. The molecular formula is C19H25N5. The SMILES string of the molecule is Cc1cnc(-c2ccc(N3CCN(C)CC3)cc2)nc1NC1CC1. The van der Waals surface area contributed by atoms with E-state index in [0.29, 0.717) is 6.04 Å². The first-order valence-corrected chi connectivity index (χ1v) is 8.83. The molecule has 2 aliphatic rings. The Morgan fingerprint density at radius 1 is 1.04 bits per heavy atom. The zero-order valence-corrected chi connectivity index (χ0v) is 14.5. The maximum absolute atomic E-state index is 4.73. The van der Waals surface area contributed by atoms with Crippen molar-refractivity contribution in [3.05, 3.63) is 36.0 Å². The van der Waals surface area contributed by atoms with Gasteiger partial charge in [-0.25, -0.2) is 9.97 Å². The molecule has 0 amide bonds. The highest BCUT2D eigenvalue weighted by Gasteiger charge is 2.22. The van der Waals surface area contributed by atoms with Gasteiger partial charge in [0.2, 0.25) is 0 Å². The predicted octanol–water partition coefficient (Wildman–Crippen LogP) is 2.78. The van der Waals surface area contributed by atoms with E-state index in [1.54, 1.807) is 0 Å². The molecule has 1 saturated heterocycles. The molecule has 0 radical (unpaired) electrons. The van der Waals surface area contributed by atoms with Crippen molar-refractivity contribution in [2.75, 3.05) is 43.4 Å². The van der Waals surface area contributed by atoms with Crippen molar-refractivity contribution in [3.63, 3.8) is 0 Å². The van der Waals surface area contributed by atoms with Crippen LogP contribution in [0.4, 0.5) is 11.5 Å². The van der Waals surface area contributed by atoms with Crippen LogP contribution in [0.25, 0.3) is 11.4 Å². The van der Waals surface area contributed by atoms with Gasteiger partial charge in [0.15, 0.2) is 5.82 Å². The molecule has 2 aromatic rings. The highest BCUT2D eigenvalue weighted by Crippen LogP contribution is 2.27. The molecule has 5 heteroatoms. The number of nitrogens with zero attached hydrogens (tertiary/aromatic N) is 4. The predicted molar refractivity (Wildman–Crippen MR) is 98.6 cm³/mol. The summed E-state index contributed by atoms with van der Waals surface area (Å²) in [6.07, 6.45) is 4.42. The van der Waals surface area contributed by atoms with E-state index in [-0.39, 0.29) is 0 Å². The molecule has 2 fully saturated rings. The number of hydrogen-bond donors (Lipinski definition) is 1. The van der Waals surface area contributed by atoms with Gasteiger partial charge >= 0.3 is 0 Å². The normalized spacial score (nSPS) is 18.7. The summed E-state index contributed by atoms with van der Waals surface area (Å²) in [5.74, 6) is 1.78. The van der Waals surface area contributed by atoms with Crippen molar-refractivity contribution >= 4 is 11.5 Å². The number of anilines is 2. The molecule has 1 saturated carbocycles. The monoisotopic (exact) mass is 323 g/mol. The first-order chi connectivity index (χ1) is 11.7. The van der Waals surface area contributed by atoms with E-state index in [1.807, 2.05) is 6.20 Å². The highest BCUT2D eigenvalue weighted by molar-refractivity contribution is 5.62. The average molecular weight is 323 g/mol. The van der Waals surface area contributed by atoms with Crippen molar-refractivity contribution in [1.29, 1.82) is 0 Å². The number of nitrogens with one attached hydrogen (secondary N) is 1. The van der Waals surface area contributed by atoms with Crippen molar-refractivity contribution in [1.82, 2.24) is 14.9 Å². The Hall–Kier alpha value is -2.14. The average Bonchev–Trinajstić information content (AvgIpc) is 3.42. The first kappa shape index (κ1) is 15.4. The molecule has 1 aliphatic carbocycles. The maximum Gasteiger partial charge on any atom is 0.161 e. The number of likely N-dealkylation sites (N-methyl/N-ethyl adjacent to an activating group) is 1.